The van der Waals surface area contributed by atoms with Crippen LogP contribution in [0, 0.1) is 0 Å². The van der Waals surface area contributed by atoms with Crippen LogP contribution in [-0.2, 0) is 0 Å². The zero-order valence-corrected chi connectivity index (χ0v) is 11.1. The average Bonchev–Trinajstić information content (AvgIpc) is 2.41. The highest BCUT2D eigenvalue weighted by Gasteiger charge is 2.11. The van der Waals surface area contributed by atoms with Crippen LogP contribution < -0.4 is 16.1 Å². The van der Waals surface area contributed by atoms with Gasteiger partial charge >= 0.3 is 7.12 Å². The first kappa shape index (κ1) is 16.6. The molecular weight excluding hydrogens is 231 g/mol. The standard InChI is InChI=1S/C10H15BN2O3.C2H6/c1-12-6-7-13-10(14)8-2-4-9(5-3-8)11(15)16;1-2/h2-5,12,15-16H,6-7H2,1H3,(H,13,14);1-2H3. The van der Waals surface area contributed by atoms with Gasteiger partial charge in [0.15, 0.2) is 0 Å². The van der Waals surface area contributed by atoms with Crippen molar-refractivity contribution < 1.29 is 14.8 Å². The highest BCUT2D eigenvalue weighted by molar-refractivity contribution is 6.58. The highest BCUT2D eigenvalue weighted by atomic mass is 16.4. The molecule has 100 valence electrons. The molecule has 0 saturated carbocycles. The van der Waals surface area contributed by atoms with Gasteiger partial charge in [-0.25, -0.2) is 0 Å². The molecule has 0 heterocycles. The summed E-state index contributed by atoms with van der Waals surface area (Å²) in [5, 5.41) is 23.4. The molecule has 0 atom stereocenters. The van der Waals surface area contributed by atoms with Crippen molar-refractivity contribution in [2.45, 2.75) is 13.8 Å². The third kappa shape index (κ3) is 5.81. The first-order chi connectivity index (χ1) is 8.65. The van der Waals surface area contributed by atoms with Crippen LogP contribution in [0.25, 0.3) is 0 Å². The molecule has 1 aromatic rings. The largest absolute Gasteiger partial charge is 0.488 e. The first-order valence-corrected chi connectivity index (χ1v) is 6.04. The summed E-state index contributed by atoms with van der Waals surface area (Å²) in [6, 6.07) is 6.14. The van der Waals surface area contributed by atoms with Crippen LogP contribution in [-0.4, -0.2) is 43.2 Å². The van der Waals surface area contributed by atoms with Gasteiger partial charge in [-0.1, -0.05) is 26.0 Å². The van der Waals surface area contributed by atoms with E-state index in [9.17, 15) is 4.79 Å². The molecule has 0 unspecified atom stereocenters. The lowest BCUT2D eigenvalue weighted by atomic mass is 9.80. The molecule has 6 heteroatoms. The van der Waals surface area contributed by atoms with E-state index in [0.29, 0.717) is 24.1 Å². The summed E-state index contributed by atoms with van der Waals surface area (Å²) in [6.07, 6.45) is 0. The fourth-order valence-electron chi connectivity index (χ4n) is 1.21. The predicted octanol–water partition coefficient (Wildman–Crippen LogP) is -0.658. The number of nitrogens with one attached hydrogen (secondary N) is 2. The summed E-state index contributed by atoms with van der Waals surface area (Å²) in [6.45, 7) is 5.26. The summed E-state index contributed by atoms with van der Waals surface area (Å²) in [7, 11) is 0.310. The number of rotatable bonds is 5. The average molecular weight is 252 g/mol. The summed E-state index contributed by atoms with van der Waals surface area (Å²) in [5.41, 5.74) is 0.868. The van der Waals surface area contributed by atoms with E-state index in [1.807, 2.05) is 20.9 Å². The first-order valence-electron chi connectivity index (χ1n) is 6.04. The minimum Gasteiger partial charge on any atom is -0.423 e. The van der Waals surface area contributed by atoms with Crippen LogP contribution in [0.15, 0.2) is 24.3 Å². The monoisotopic (exact) mass is 252 g/mol. The van der Waals surface area contributed by atoms with Gasteiger partial charge in [0.25, 0.3) is 5.91 Å². The number of hydrogen-bond donors (Lipinski definition) is 4. The molecule has 4 N–H and O–H groups in total. The third-order valence-electron chi connectivity index (χ3n) is 2.13. The van der Waals surface area contributed by atoms with Gasteiger partial charge < -0.3 is 20.7 Å². The van der Waals surface area contributed by atoms with E-state index in [2.05, 4.69) is 10.6 Å². The van der Waals surface area contributed by atoms with Gasteiger partial charge in [0.1, 0.15) is 0 Å². The normalized spacial score (nSPS) is 9.17. The lowest BCUT2D eigenvalue weighted by Gasteiger charge is -2.05. The maximum absolute atomic E-state index is 11.5. The Kier molecular flexibility index (Phi) is 8.91. The minimum absolute atomic E-state index is 0.172. The Balaban J connectivity index is 0.00000137. The quantitative estimate of drug-likeness (QED) is 0.414. The predicted molar refractivity (Wildman–Crippen MR) is 73.9 cm³/mol. The molecule has 1 amide bonds. The molecule has 0 fully saturated rings. The molecule has 0 aliphatic rings. The molecule has 0 aliphatic carbocycles. The van der Waals surface area contributed by atoms with Gasteiger partial charge in [-0.05, 0) is 24.6 Å². The Bertz CT molecular complexity index is 342. The van der Waals surface area contributed by atoms with Gasteiger partial charge in [0, 0.05) is 18.7 Å². The van der Waals surface area contributed by atoms with E-state index in [-0.39, 0.29) is 5.91 Å². The molecule has 0 bridgehead atoms. The Labute approximate surface area is 108 Å². The molecule has 0 saturated heterocycles. The van der Waals surface area contributed by atoms with Gasteiger partial charge in [-0.3, -0.25) is 4.79 Å². The number of benzene rings is 1. The Hall–Kier alpha value is -1.37. The summed E-state index contributed by atoms with van der Waals surface area (Å²) in [4.78, 5) is 11.5. The fraction of sp³-hybridized carbons (Fsp3) is 0.417. The number of carbonyl (C=O) groups excluding carboxylic acids is 1. The second-order valence-electron chi connectivity index (χ2n) is 3.36. The number of hydrogen-bond acceptors (Lipinski definition) is 4. The molecule has 1 aromatic carbocycles. The molecule has 18 heavy (non-hydrogen) atoms. The van der Waals surface area contributed by atoms with Crippen molar-refractivity contribution >= 4 is 18.5 Å². The van der Waals surface area contributed by atoms with E-state index in [1.165, 1.54) is 12.1 Å². The molecular formula is C12H21BN2O3. The number of likely N-dealkylation sites (N-methyl/N-ethyl adjacent to an activating group) is 1. The molecule has 0 aromatic heterocycles. The number of carbonyl (C=O) groups is 1. The van der Waals surface area contributed by atoms with Crippen LogP contribution in [0.4, 0.5) is 0 Å². The summed E-state index contributed by atoms with van der Waals surface area (Å²) in [5.74, 6) is -0.172. The zero-order chi connectivity index (χ0) is 14.0. The van der Waals surface area contributed by atoms with E-state index in [1.54, 1.807) is 12.1 Å². The van der Waals surface area contributed by atoms with Crippen molar-refractivity contribution in [1.29, 1.82) is 0 Å². The van der Waals surface area contributed by atoms with Gasteiger partial charge in [-0.2, -0.15) is 0 Å². The van der Waals surface area contributed by atoms with Crippen LogP contribution >= 0.6 is 0 Å². The molecule has 0 spiro atoms. The van der Waals surface area contributed by atoms with Crippen molar-refractivity contribution in [3.8, 4) is 0 Å². The van der Waals surface area contributed by atoms with Gasteiger partial charge in [0.05, 0.1) is 0 Å². The second-order valence-corrected chi connectivity index (χ2v) is 3.36. The topological polar surface area (TPSA) is 81.6 Å². The second kappa shape index (κ2) is 9.64. The minimum atomic E-state index is -1.50. The maximum atomic E-state index is 11.5. The molecule has 0 aliphatic heterocycles. The van der Waals surface area contributed by atoms with Crippen molar-refractivity contribution in [1.82, 2.24) is 10.6 Å². The third-order valence-corrected chi connectivity index (χ3v) is 2.13. The fourth-order valence-corrected chi connectivity index (χ4v) is 1.21. The van der Waals surface area contributed by atoms with E-state index < -0.39 is 7.12 Å². The molecule has 0 radical (unpaired) electrons. The summed E-state index contributed by atoms with van der Waals surface area (Å²) >= 11 is 0. The van der Waals surface area contributed by atoms with Gasteiger partial charge in [0.2, 0.25) is 0 Å². The zero-order valence-electron chi connectivity index (χ0n) is 11.1. The SMILES string of the molecule is CC.CNCCNC(=O)c1ccc(B(O)O)cc1. The lowest BCUT2D eigenvalue weighted by molar-refractivity contribution is 0.0954. The smallest absolute Gasteiger partial charge is 0.423 e. The lowest BCUT2D eigenvalue weighted by Crippen LogP contribution is -2.32. The van der Waals surface area contributed by atoms with Gasteiger partial charge in [-0.15, -0.1) is 0 Å². The number of amides is 1. The van der Waals surface area contributed by atoms with Crippen LogP contribution in [0.2, 0.25) is 0 Å². The van der Waals surface area contributed by atoms with E-state index in [4.69, 9.17) is 10.0 Å². The van der Waals surface area contributed by atoms with E-state index >= 15 is 0 Å². The van der Waals surface area contributed by atoms with Crippen LogP contribution in [0.5, 0.6) is 0 Å². The van der Waals surface area contributed by atoms with Crippen LogP contribution in [0.1, 0.15) is 24.2 Å². The Morgan fingerprint density at radius 2 is 1.72 bits per heavy atom. The van der Waals surface area contributed by atoms with E-state index in [0.717, 1.165) is 0 Å². The Morgan fingerprint density at radius 1 is 1.17 bits per heavy atom. The van der Waals surface area contributed by atoms with Crippen molar-refractivity contribution in [2.24, 2.45) is 0 Å². The highest BCUT2D eigenvalue weighted by Crippen LogP contribution is 1.96. The van der Waals surface area contributed by atoms with Crippen molar-refractivity contribution in [2.75, 3.05) is 20.1 Å². The molecule has 1 rings (SSSR count). The molecule has 5 nitrogen and oxygen atoms in total. The maximum Gasteiger partial charge on any atom is 0.488 e. The van der Waals surface area contributed by atoms with Crippen molar-refractivity contribution in [3.63, 3.8) is 0 Å². The van der Waals surface area contributed by atoms with Crippen LogP contribution in [0.3, 0.4) is 0 Å². The van der Waals surface area contributed by atoms with Crippen molar-refractivity contribution in [3.05, 3.63) is 29.8 Å². The Morgan fingerprint density at radius 3 is 2.17 bits per heavy atom. The summed E-state index contributed by atoms with van der Waals surface area (Å²) < 4.78 is 0.